The second-order valence-electron chi connectivity index (χ2n) is 6.34. The number of aromatic nitrogens is 2. The van der Waals surface area contributed by atoms with E-state index in [2.05, 4.69) is 15.3 Å². The Morgan fingerprint density at radius 1 is 1.30 bits per heavy atom. The third-order valence-corrected chi connectivity index (χ3v) is 3.13. The number of nitrogens with one attached hydrogen (secondary N) is 1. The number of carbonyl (C=O) groups excluding carboxylic acids is 1. The highest BCUT2D eigenvalue weighted by molar-refractivity contribution is 5.68. The van der Waals surface area contributed by atoms with Crippen molar-refractivity contribution in [1.82, 2.24) is 14.9 Å². The van der Waals surface area contributed by atoms with Crippen molar-refractivity contribution in [2.75, 3.05) is 18.4 Å². The van der Waals surface area contributed by atoms with Gasteiger partial charge in [0.2, 0.25) is 0 Å². The average molecular weight is 332 g/mol. The van der Waals surface area contributed by atoms with E-state index in [1.54, 1.807) is 25.7 Å². The number of anilines is 1. The zero-order valence-electron chi connectivity index (χ0n) is 13.1. The molecule has 2 heterocycles. The number of alkyl halides is 3. The molecule has 1 aromatic rings. The molecule has 1 aliphatic heterocycles. The number of amides is 1. The number of halogens is 3. The van der Waals surface area contributed by atoms with Gasteiger partial charge in [-0.2, -0.15) is 13.2 Å². The van der Waals surface area contributed by atoms with Crippen LogP contribution >= 0.6 is 0 Å². The van der Waals surface area contributed by atoms with Crippen LogP contribution in [0.3, 0.4) is 0 Å². The molecule has 1 saturated heterocycles. The fraction of sp³-hybridized carbons (Fsp3) is 0.643. The van der Waals surface area contributed by atoms with E-state index in [-0.39, 0.29) is 11.9 Å². The summed E-state index contributed by atoms with van der Waals surface area (Å²) in [6, 6.07) is -0.103. The van der Waals surface area contributed by atoms with Crippen molar-refractivity contribution in [3.8, 4) is 0 Å². The van der Waals surface area contributed by atoms with Crippen molar-refractivity contribution in [3.63, 3.8) is 0 Å². The summed E-state index contributed by atoms with van der Waals surface area (Å²) in [6.45, 7) is 6.27. The lowest BCUT2D eigenvalue weighted by atomic mass is 10.2. The number of ether oxygens (including phenoxy) is 1. The van der Waals surface area contributed by atoms with E-state index in [0.29, 0.717) is 25.7 Å². The van der Waals surface area contributed by atoms with E-state index in [1.165, 1.54) is 0 Å². The molecule has 1 aromatic heterocycles. The van der Waals surface area contributed by atoms with Crippen LogP contribution in [0.1, 0.15) is 32.9 Å². The van der Waals surface area contributed by atoms with Crippen LogP contribution in [0.25, 0.3) is 0 Å². The van der Waals surface area contributed by atoms with E-state index in [9.17, 15) is 18.0 Å². The average Bonchev–Trinajstić information content (AvgIpc) is 2.85. The smallest absolute Gasteiger partial charge is 0.434 e. The van der Waals surface area contributed by atoms with Gasteiger partial charge in [-0.05, 0) is 27.2 Å². The maximum Gasteiger partial charge on any atom is 0.434 e. The molecule has 0 saturated carbocycles. The highest BCUT2D eigenvalue weighted by Gasteiger charge is 2.33. The van der Waals surface area contributed by atoms with Gasteiger partial charge < -0.3 is 15.0 Å². The first-order valence-electron chi connectivity index (χ1n) is 7.18. The normalized spacial score (nSPS) is 18.9. The van der Waals surface area contributed by atoms with Crippen molar-refractivity contribution in [2.24, 2.45) is 0 Å². The monoisotopic (exact) mass is 332 g/mol. The molecule has 1 amide bonds. The van der Waals surface area contributed by atoms with Gasteiger partial charge in [0.05, 0.1) is 12.4 Å². The zero-order valence-corrected chi connectivity index (χ0v) is 13.1. The predicted molar refractivity (Wildman–Crippen MR) is 76.9 cm³/mol. The summed E-state index contributed by atoms with van der Waals surface area (Å²) in [5.74, 6) is 0.244. The molecule has 9 heteroatoms. The van der Waals surface area contributed by atoms with Gasteiger partial charge >= 0.3 is 12.3 Å². The number of hydrogen-bond donors (Lipinski definition) is 1. The lowest BCUT2D eigenvalue weighted by Crippen LogP contribution is -2.36. The highest BCUT2D eigenvalue weighted by atomic mass is 19.4. The topological polar surface area (TPSA) is 67.3 Å². The number of carbonyl (C=O) groups is 1. The molecule has 1 aliphatic rings. The van der Waals surface area contributed by atoms with Gasteiger partial charge in [0.25, 0.3) is 0 Å². The number of nitrogens with zero attached hydrogens (tertiary/aromatic N) is 3. The molecular weight excluding hydrogens is 313 g/mol. The molecule has 0 unspecified atom stereocenters. The van der Waals surface area contributed by atoms with Gasteiger partial charge in [0, 0.05) is 19.1 Å². The second-order valence-corrected chi connectivity index (χ2v) is 6.34. The van der Waals surface area contributed by atoms with Gasteiger partial charge in [0.1, 0.15) is 11.4 Å². The summed E-state index contributed by atoms with van der Waals surface area (Å²) in [5, 5.41) is 2.98. The summed E-state index contributed by atoms with van der Waals surface area (Å²) in [7, 11) is 0. The van der Waals surface area contributed by atoms with Crippen LogP contribution in [-0.4, -0.2) is 45.7 Å². The largest absolute Gasteiger partial charge is 0.444 e. The Morgan fingerprint density at radius 2 is 2.00 bits per heavy atom. The zero-order chi connectivity index (χ0) is 17.3. The van der Waals surface area contributed by atoms with Gasteiger partial charge in [-0.3, -0.25) is 0 Å². The molecule has 0 aliphatic carbocycles. The van der Waals surface area contributed by atoms with Crippen LogP contribution in [0.15, 0.2) is 12.4 Å². The van der Waals surface area contributed by atoms with Crippen molar-refractivity contribution >= 4 is 11.9 Å². The second kappa shape index (κ2) is 6.21. The summed E-state index contributed by atoms with van der Waals surface area (Å²) in [6.07, 6.45) is -2.53. The molecule has 0 radical (unpaired) electrons. The molecule has 2 rings (SSSR count). The molecule has 1 atom stereocenters. The fourth-order valence-electron chi connectivity index (χ4n) is 2.13. The lowest BCUT2D eigenvalue weighted by Gasteiger charge is -2.24. The molecule has 0 aromatic carbocycles. The van der Waals surface area contributed by atoms with Crippen LogP contribution in [0, 0.1) is 0 Å². The Kier molecular flexibility index (Phi) is 4.67. The summed E-state index contributed by atoms with van der Waals surface area (Å²) >= 11 is 0. The first kappa shape index (κ1) is 17.3. The summed E-state index contributed by atoms with van der Waals surface area (Å²) in [5.41, 5.74) is -1.61. The molecule has 128 valence electrons. The fourth-order valence-corrected chi connectivity index (χ4v) is 2.13. The third-order valence-electron chi connectivity index (χ3n) is 3.13. The Balaban J connectivity index is 1.89. The summed E-state index contributed by atoms with van der Waals surface area (Å²) < 4.78 is 42.5. The molecular formula is C14H19F3N4O2. The third kappa shape index (κ3) is 4.97. The summed E-state index contributed by atoms with van der Waals surface area (Å²) in [4.78, 5) is 20.5. The van der Waals surface area contributed by atoms with E-state index < -0.39 is 23.6 Å². The number of rotatable bonds is 2. The van der Waals surface area contributed by atoms with Crippen molar-refractivity contribution in [2.45, 2.75) is 45.0 Å². The maximum atomic E-state index is 12.4. The minimum Gasteiger partial charge on any atom is -0.444 e. The molecule has 1 N–H and O–H groups in total. The van der Waals surface area contributed by atoms with E-state index in [4.69, 9.17) is 4.74 Å². The van der Waals surface area contributed by atoms with Crippen molar-refractivity contribution in [3.05, 3.63) is 18.1 Å². The van der Waals surface area contributed by atoms with Crippen LogP contribution in [0.2, 0.25) is 0 Å². The molecule has 23 heavy (non-hydrogen) atoms. The maximum absolute atomic E-state index is 12.4. The van der Waals surface area contributed by atoms with Crippen LogP contribution < -0.4 is 5.32 Å². The van der Waals surface area contributed by atoms with Gasteiger partial charge in [-0.1, -0.05) is 0 Å². The van der Waals surface area contributed by atoms with Crippen molar-refractivity contribution < 1.29 is 22.7 Å². The van der Waals surface area contributed by atoms with Gasteiger partial charge in [0.15, 0.2) is 5.69 Å². The minimum absolute atomic E-state index is 0.103. The van der Waals surface area contributed by atoms with Gasteiger partial charge in [-0.25, -0.2) is 14.8 Å². The lowest BCUT2D eigenvalue weighted by molar-refractivity contribution is -0.141. The molecule has 0 spiro atoms. The first-order valence-corrected chi connectivity index (χ1v) is 7.18. The standard InChI is InChI=1S/C14H19F3N4O2/c1-13(2,3)23-12(22)21-5-4-9(8-21)20-11-7-18-10(6-19-11)14(15,16)17/h6-7,9H,4-5,8H2,1-3H3,(H,19,20)/t9-/m1/s1. The highest BCUT2D eigenvalue weighted by Crippen LogP contribution is 2.27. The minimum atomic E-state index is -4.51. The quantitative estimate of drug-likeness (QED) is 0.902. The van der Waals surface area contributed by atoms with Crippen LogP contribution in [-0.2, 0) is 10.9 Å². The molecule has 6 nitrogen and oxygen atoms in total. The van der Waals surface area contributed by atoms with E-state index in [0.717, 1.165) is 6.20 Å². The Labute approximate surface area is 132 Å². The molecule has 0 bridgehead atoms. The van der Waals surface area contributed by atoms with Crippen LogP contribution in [0.5, 0.6) is 0 Å². The van der Waals surface area contributed by atoms with Crippen molar-refractivity contribution in [1.29, 1.82) is 0 Å². The number of hydrogen-bond acceptors (Lipinski definition) is 5. The molecule has 1 fully saturated rings. The van der Waals surface area contributed by atoms with Gasteiger partial charge in [-0.15, -0.1) is 0 Å². The number of likely N-dealkylation sites (tertiary alicyclic amines) is 1. The van der Waals surface area contributed by atoms with Crippen LogP contribution in [0.4, 0.5) is 23.8 Å². The van der Waals surface area contributed by atoms with E-state index in [1.807, 2.05) is 0 Å². The first-order chi connectivity index (χ1) is 10.5. The Hall–Kier alpha value is -2.06. The Morgan fingerprint density at radius 3 is 2.52 bits per heavy atom. The van der Waals surface area contributed by atoms with E-state index >= 15 is 0 Å². The SMILES string of the molecule is CC(C)(C)OC(=O)N1CC[C@@H](Nc2cnc(C(F)(F)F)cn2)C1. The predicted octanol–water partition coefficient (Wildman–Crippen LogP) is 2.92. The Bertz CT molecular complexity index is 555.